The lowest BCUT2D eigenvalue weighted by Gasteiger charge is -2.44. The van der Waals surface area contributed by atoms with Crippen molar-refractivity contribution in [2.24, 2.45) is 5.41 Å². The molecule has 3 aromatic rings. The quantitative estimate of drug-likeness (QED) is 0.406. The van der Waals surface area contributed by atoms with Crippen molar-refractivity contribution in [3.8, 4) is 0 Å². The van der Waals surface area contributed by atoms with E-state index in [4.69, 9.17) is 4.74 Å². The second kappa shape index (κ2) is 10.9. The minimum Gasteiger partial charge on any atom is -0.391 e. The van der Waals surface area contributed by atoms with Gasteiger partial charge >= 0.3 is 0 Å². The molecule has 2 atom stereocenters. The fourth-order valence-electron chi connectivity index (χ4n) is 5.20. The standard InChI is InChI=1S/C31H39NO2/c1-30(2,3)29(33)28(32-22-14-7-15-23-32)24-34-31(25-16-8-4-9-17-25,26-18-10-5-11-19-26)27-20-12-6-13-21-27/h4-6,8-13,16-21,28-29,33H,7,14-15,22-24H2,1-3H3/t28-,29-/m1/s1. The summed E-state index contributed by atoms with van der Waals surface area (Å²) in [5.74, 6) is 0. The molecule has 3 nitrogen and oxygen atoms in total. The molecule has 0 amide bonds. The summed E-state index contributed by atoms with van der Waals surface area (Å²) in [5, 5.41) is 11.5. The van der Waals surface area contributed by atoms with Crippen LogP contribution >= 0.6 is 0 Å². The van der Waals surface area contributed by atoms with Crippen LogP contribution in [0.2, 0.25) is 0 Å². The van der Waals surface area contributed by atoms with Gasteiger partial charge in [-0.2, -0.15) is 0 Å². The Bertz CT molecular complexity index is 895. The molecule has 1 heterocycles. The number of rotatable bonds is 8. The van der Waals surface area contributed by atoms with Crippen molar-refractivity contribution >= 4 is 0 Å². The van der Waals surface area contributed by atoms with E-state index in [2.05, 4.69) is 98.5 Å². The van der Waals surface area contributed by atoms with Crippen molar-refractivity contribution in [1.82, 2.24) is 4.90 Å². The number of aliphatic hydroxyl groups is 1. The van der Waals surface area contributed by atoms with E-state index < -0.39 is 11.7 Å². The van der Waals surface area contributed by atoms with E-state index in [1.807, 2.05) is 18.2 Å². The predicted octanol–water partition coefficient (Wildman–Crippen LogP) is 6.26. The van der Waals surface area contributed by atoms with Gasteiger partial charge in [0.05, 0.1) is 18.8 Å². The summed E-state index contributed by atoms with van der Waals surface area (Å²) in [5.41, 5.74) is 2.27. The molecule has 0 aromatic heterocycles. The Kier molecular flexibility index (Phi) is 7.88. The molecule has 1 aliphatic heterocycles. The number of nitrogens with zero attached hydrogens (tertiary/aromatic N) is 1. The molecule has 34 heavy (non-hydrogen) atoms. The van der Waals surface area contributed by atoms with Gasteiger partial charge in [-0.25, -0.2) is 0 Å². The van der Waals surface area contributed by atoms with Crippen molar-refractivity contribution in [2.75, 3.05) is 19.7 Å². The van der Waals surface area contributed by atoms with E-state index in [0.717, 1.165) is 29.8 Å². The Morgan fingerprint density at radius 1 is 0.706 bits per heavy atom. The minimum atomic E-state index is -0.768. The Morgan fingerprint density at radius 2 is 1.12 bits per heavy atom. The van der Waals surface area contributed by atoms with E-state index in [1.54, 1.807) is 0 Å². The summed E-state index contributed by atoms with van der Waals surface area (Å²) >= 11 is 0. The van der Waals surface area contributed by atoms with Crippen molar-refractivity contribution in [3.05, 3.63) is 108 Å². The first-order chi connectivity index (χ1) is 16.4. The molecule has 0 unspecified atom stereocenters. The number of benzene rings is 3. The largest absolute Gasteiger partial charge is 0.391 e. The van der Waals surface area contributed by atoms with Gasteiger partial charge < -0.3 is 9.84 Å². The number of ether oxygens (including phenoxy) is 1. The molecule has 3 heteroatoms. The third-order valence-electron chi connectivity index (χ3n) is 7.12. The van der Waals surface area contributed by atoms with Crippen LogP contribution in [0, 0.1) is 5.41 Å². The fourth-order valence-corrected chi connectivity index (χ4v) is 5.20. The van der Waals surface area contributed by atoms with Crippen molar-refractivity contribution in [2.45, 2.75) is 57.8 Å². The highest BCUT2D eigenvalue weighted by Gasteiger charge is 2.41. The predicted molar refractivity (Wildman–Crippen MR) is 140 cm³/mol. The van der Waals surface area contributed by atoms with Gasteiger partial charge in [-0.3, -0.25) is 4.90 Å². The molecule has 3 aromatic carbocycles. The first-order valence-electron chi connectivity index (χ1n) is 12.7. The summed E-state index contributed by atoms with van der Waals surface area (Å²) in [6, 6.07) is 31.4. The van der Waals surface area contributed by atoms with Crippen LogP contribution in [0.25, 0.3) is 0 Å². The van der Waals surface area contributed by atoms with Crippen LogP contribution in [-0.2, 0) is 10.3 Å². The third-order valence-corrected chi connectivity index (χ3v) is 7.12. The minimum absolute atomic E-state index is 0.0733. The molecule has 180 valence electrons. The molecular weight excluding hydrogens is 418 g/mol. The maximum atomic E-state index is 11.5. The summed E-state index contributed by atoms with van der Waals surface area (Å²) in [4.78, 5) is 2.45. The zero-order valence-corrected chi connectivity index (χ0v) is 20.9. The van der Waals surface area contributed by atoms with Crippen LogP contribution in [0.5, 0.6) is 0 Å². The summed E-state index contributed by atoms with van der Waals surface area (Å²) in [7, 11) is 0. The Hall–Kier alpha value is -2.46. The first kappa shape index (κ1) is 24.7. The highest BCUT2D eigenvalue weighted by atomic mass is 16.5. The molecule has 0 aliphatic carbocycles. The van der Waals surface area contributed by atoms with Crippen molar-refractivity contribution in [1.29, 1.82) is 0 Å². The van der Waals surface area contributed by atoms with Gasteiger partial charge in [0.1, 0.15) is 5.60 Å². The van der Waals surface area contributed by atoms with E-state index in [9.17, 15) is 5.11 Å². The van der Waals surface area contributed by atoms with Gasteiger partial charge in [0.15, 0.2) is 0 Å². The van der Waals surface area contributed by atoms with E-state index in [1.165, 1.54) is 19.3 Å². The maximum absolute atomic E-state index is 11.5. The fraction of sp³-hybridized carbons (Fsp3) is 0.419. The Balaban J connectivity index is 1.80. The molecule has 1 aliphatic rings. The van der Waals surface area contributed by atoms with Gasteiger partial charge in [0.2, 0.25) is 0 Å². The van der Waals surface area contributed by atoms with Crippen LogP contribution in [-0.4, -0.2) is 41.8 Å². The van der Waals surface area contributed by atoms with Gasteiger partial charge in [0.25, 0.3) is 0 Å². The summed E-state index contributed by atoms with van der Waals surface area (Å²) in [6.45, 7) is 8.82. The van der Waals surface area contributed by atoms with E-state index in [0.29, 0.717) is 6.61 Å². The van der Waals surface area contributed by atoms with Crippen LogP contribution < -0.4 is 0 Å². The molecule has 4 rings (SSSR count). The second-order valence-electron chi connectivity index (χ2n) is 10.6. The van der Waals surface area contributed by atoms with Crippen LogP contribution in [0.4, 0.5) is 0 Å². The average molecular weight is 458 g/mol. The lowest BCUT2D eigenvalue weighted by atomic mass is 9.79. The highest BCUT2D eigenvalue weighted by molar-refractivity contribution is 5.47. The summed E-state index contributed by atoms with van der Waals surface area (Å²) in [6.07, 6.45) is 3.12. The lowest BCUT2D eigenvalue weighted by Crippen LogP contribution is -2.54. The normalized spacial score (nSPS) is 17.3. The third kappa shape index (κ3) is 5.27. The van der Waals surface area contributed by atoms with Gasteiger partial charge in [-0.1, -0.05) is 118 Å². The van der Waals surface area contributed by atoms with Crippen LogP contribution in [0.3, 0.4) is 0 Å². The van der Waals surface area contributed by atoms with E-state index >= 15 is 0 Å². The summed E-state index contributed by atoms with van der Waals surface area (Å²) < 4.78 is 7.12. The number of hydrogen-bond acceptors (Lipinski definition) is 3. The molecule has 1 saturated heterocycles. The number of aliphatic hydroxyl groups excluding tert-OH is 1. The van der Waals surface area contributed by atoms with Crippen molar-refractivity contribution < 1.29 is 9.84 Å². The number of likely N-dealkylation sites (tertiary alicyclic amines) is 1. The monoisotopic (exact) mass is 457 g/mol. The van der Waals surface area contributed by atoms with Gasteiger partial charge in [-0.15, -0.1) is 0 Å². The van der Waals surface area contributed by atoms with Gasteiger partial charge in [0, 0.05) is 0 Å². The van der Waals surface area contributed by atoms with Gasteiger partial charge in [-0.05, 0) is 48.0 Å². The Morgan fingerprint density at radius 3 is 1.50 bits per heavy atom. The second-order valence-corrected chi connectivity index (χ2v) is 10.6. The topological polar surface area (TPSA) is 32.7 Å². The number of piperidine rings is 1. The van der Waals surface area contributed by atoms with E-state index in [-0.39, 0.29) is 11.5 Å². The molecule has 0 saturated carbocycles. The highest BCUT2D eigenvalue weighted by Crippen LogP contribution is 2.41. The zero-order chi connectivity index (χ0) is 24.0. The molecule has 0 spiro atoms. The number of hydrogen-bond donors (Lipinski definition) is 1. The smallest absolute Gasteiger partial charge is 0.143 e. The van der Waals surface area contributed by atoms with Crippen molar-refractivity contribution in [3.63, 3.8) is 0 Å². The molecule has 1 fully saturated rings. The molecule has 0 radical (unpaired) electrons. The van der Waals surface area contributed by atoms with Crippen LogP contribution in [0.15, 0.2) is 91.0 Å². The lowest BCUT2D eigenvalue weighted by molar-refractivity contribution is -0.0878. The molecular formula is C31H39NO2. The molecule has 0 bridgehead atoms. The SMILES string of the molecule is CC(C)(C)[C@H](O)[C@@H](COC(c1ccccc1)(c1ccccc1)c1ccccc1)N1CCCCC1. The zero-order valence-electron chi connectivity index (χ0n) is 20.9. The first-order valence-corrected chi connectivity index (χ1v) is 12.7. The maximum Gasteiger partial charge on any atom is 0.143 e. The Labute approximate surface area is 205 Å². The van der Waals surface area contributed by atoms with Crippen LogP contribution in [0.1, 0.15) is 56.7 Å². The average Bonchev–Trinajstić information content (AvgIpc) is 2.88. The molecule has 1 N–H and O–H groups in total.